The molecule has 0 radical (unpaired) electrons. The number of aromatic amines is 2. The maximum Gasteiger partial charge on any atom is 0.254 e. The Labute approximate surface area is 213 Å². The molecule has 1 amide bonds. The number of imidazole rings is 2. The van der Waals surface area contributed by atoms with E-state index in [-0.39, 0.29) is 5.91 Å². The van der Waals surface area contributed by atoms with Gasteiger partial charge in [0, 0.05) is 49.0 Å². The standard InChI is InChI=1S/C28H39N7O/c36-28(35(20-26-29-13-14-30-26)21-27-31-15-16-32-27)23-7-5-22(6-8-23)19-33-24-9-11-25(12-10-24)34-17-3-1-2-4-18-34/h5-8,13-16,24-25,33H,1-4,9-12,17-21H2,(H,29,30)(H,31,32). The fourth-order valence-electron chi connectivity index (χ4n) is 5.65. The number of benzene rings is 1. The van der Waals surface area contributed by atoms with Crippen molar-refractivity contribution in [2.24, 2.45) is 0 Å². The molecule has 8 nitrogen and oxygen atoms in total. The van der Waals surface area contributed by atoms with Crippen molar-refractivity contribution in [1.82, 2.24) is 35.1 Å². The molecule has 0 bridgehead atoms. The lowest BCUT2D eigenvalue weighted by molar-refractivity contribution is 0.0721. The molecule has 0 spiro atoms. The highest BCUT2D eigenvalue weighted by atomic mass is 16.2. The highest BCUT2D eigenvalue weighted by molar-refractivity contribution is 5.94. The molecular formula is C28H39N7O. The Kier molecular flexibility index (Phi) is 8.46. The van der Waals surface area contributed by atoms with Gasteiger partial charge < -0.3 is 25.1 Å². The molecule has 3 heterocycles. The van der Waals surface area contributed by atoms with Gasteiger partial charge in [-0.15, -0.1) is 0 Å². The summed E-state index contributed by atoms with van der Waals surface area (Å²) in [7, 11) is 0. The van der Waals surface area contributed by atoms with Crippen LogP contribution < -0.4 is 5.32 Å². The van der Waals surface area contributed by atoms with E-state index in [1.807, 2.05) is 12.1 Å². The molecule has 2 aliphatic rings. The van der Waals surface area contributed by atoms with E-state index in [9.17, 15) is 4.79 Å². The number of aromatic nitrogens is 4. The average Bonchev–Trinajstić information content (AvgIpc) is 3.56. The van der Waals surface area contributed by atoms with Crippen molar-refractivity contribution in [3.8, 4) is 0 Å². The second kappa shape index (κ2) is 12.3. The third kappa shape index (κ3) is 6.62. The molecule has 1 aliphatic carbocycles. The fourth-order valence-corrected chi connectivity index (χ4v) is 5.65. The molecule has 3 N–H and O–H groups in total. The van der Waals surface area contributed by atoms with Crippen LogP contribution in [0.15, 0.2) is 49.1 Å². The maximum atomic E-state index is 13.3. The van der Waals surface area contributed by atoms with Gasteiger partial charge in [-0.1, -0.05) is 25.0 Å². The van der Waals surface area contributed by atoms with Crippen molar-refractivity contribution < 1.29 is 4.79 Å². The van der Waals surface area contributed by atoms with Crippen LogP contribution >= 0.6 is 0 Å². The smallest absolute Gasteiger partial charge is 0.254 e. The summed E-state index contributed by atoms with van der Waals surface area (Å²) in [5.74, 6) is 1.47. The molecule has 8 heteroatoms. The van der Waals surface area contributed by atoms with Crippen molar-refractivity contribution in [3.63, 3.8) is 0 Å². The van der Waals surface area contributed by atoms with Crippen molar-refractivity contribution in [1.29, 1.82) is 0 Å². The molecule has 1 saturated heterocycles. The van der Waals surface area contributed by atoms with Crippen LogP contribution in [0.2, 0.25) is 0 Å². The first-order valence-electron chi connectivity index (χ1n) is 13.6. The van der Waals surface area contributed by atoms with E-state index in [1.165, 1.54) is 70.0 Å². The normalized spacial score (nSPS) is 21.2. The Morgan fingerprint density at radius 1 is 0.889 bits per heavy atom. The second-order valence-electron chi connectivity index (χ2n) is 10.3. The molecule has 5 rings (SSSR count). The number of nitrogens with one attached hydrogen (secondary N) is 3. The van der Waals surface area contributed by atoms with Gasteiger partial charge in [-0.3, -0.25) is 4.79 Å². The second-order valence-corrected chi connectivity index (χ2v) is 10.3. The largest absolute Gasteiger partial charge is 0.347 e. The number of hydrogen-bond acceptors (Lipinski definition) is 5. The first-order valence-corrected chi connectivity index (χ1v) is 13.6. The van der Waals surface area contributed by atoms with E-state index in [2.05, 4.69) is 42.3 Å². The number of carbonyl (C=O) groups is 1. The van der Waals surface area contributed by atoms with Crippen LogP contribution in [-0.2, 0) is 19.6 Å². The van der Waals surface area contributed by atoms with Gasteiger partial charge in [0.2, 0.25) is 0 Å². The van der Waals surface area contributed by atoms with Gasteiger partial charge in [0.15, 0.2) is 0 Å². The number of likely N-dealkylation sites (tertiary alicyclic amines) is 1. The minimum absolute atomic E-state index is 0.0332. The molecule has 2 fully saturated rings. The Balaban J connectivity index is 1.12. The fraction of sp³-hybridized carbons (Fsp3) is 0.536. The minimum Gasteiger partial charge on any atom is -0.347 e. The summed E-state index contributed by atoms with van der Waals surface area (Å²) >= 11 is 0. The zero-order valence-electron chi connectivity index (χ0n) is 21.2. The third-order valence-electron chi connectivity index (χ3n) is 7.73. The molecule has 0 atom stereocenters. The van der Waals surface area contributed by atoms with Crippen LogP contribution in [0.3, 0.4) is 0 Å². The van der Waals surface area contributed by atoms with Gasteiger partial charge in [-0.25, -0.2) is 9.97 Å². The lowest BCUT2D eigenvalue weighted by Gasteiger charge is -2.36. The number of amides is 1. The number of hydrogen-bond donors (Lipinski definition) is 3. The Bertz CT molecular complexity index is 996. The number of H-pyrrole nitrogens is 2. The Morgan fingerprint density at radius 2 is 1.50 bits per heavy atom. The van der Waals surface area contributed by atoms with Crippen molar-refractivity contribution in [2.45, 2.75) is 83.1 Å². The van der Waals surface area contributed by atoms with E-state index in [0.29, 0.717) is 24.7 Å². The highest BCUT2D eigenvalue weighted by Gasteiger charge is 2.26. The van der Waals surface area contributed by atoms with Crippen LogP contribution in [-0.4, -0.2) is 60.8 Å². The summed E-state index contributed by atoms with van der Waals surface area (Å²) in [6.07, 6.45) is 17.6. The molecule has 1 saturated carbocycles. The molecule has 3 aromatic rings. The molecule has 36 heavy (non-hydrogen) atoms. The summed E-state index contributed by atoms with van der Waals surface area (Å²) in [6.45, 7) is 4.24. The zero-order chi connectivity index (χ0) is 24.6. The van der Waals surface area contributed by atoms with E-state index in [0.717, 1.165) is 24.2 Å². The summed E-state index contributed by atoms with van der Waals surface area (Å²) < 4.78 is 0. The highest BCUT2D eigenvalue weighted by Crippen LogP contribution is 2.26. The molecular weight excluding hydrogens is 450 g/mol. The van der Waals surface area contributed by atoms with Crippen molar-refractivity contribution >= 4 is 5.91 Å². The van der Waals surface area contributed by atoms with Gasteiger partial charge in [-0.05, 0) is 69.3 Å². The zero-order valence-corrected chi connectivity index (χ0v) is 21.2. The van der Waals surface area contributed by atoms with Crippen molar-refractivity contribution in [2.75, 3.05) is 13.1 Å². The molecule has 2 aromatic heterocycles. The van der Waals surface area contributed by atoms with Gasteiger partial charge in [0.25, 0.3) is 5.91 Å². The topological polar surface area (TPSA) is 92.9 Å². The van der Waals surface area contributed by atoms with Gasteiger partial charge in [0.05, 0.1) is 13.1 Å². The van der Waals surface area contributed by atoms with E-state index in [1.54, 1.807) is 29.7 Å². The van der Waals surface area contributed by atoms with Crippen LogP contribution in [0.4, 0.5) is 0 Å². The van der Waals surface area contributed by atoms with Gasteiger partial charge >= 0.3 is 0 Å². The van der Waals surface area contributed by atoms with Crippen LogP contribution in [0, 0.1) is 0 Å². The monoisotopic (exact) mass is 489 g/mol. The summed E-state index contributed by atoms with van der Waals surface area (Å²) in [4.78, 5) is 32.6. The number of nitrogens with zero attached hydrogens (tertiary/aromatic N) is 4. The molecule has 1 aromatic carbocycles. The quantitative estimate of drug-likeness (QED) is 0.418. The van der Waals surface area contributed by atoms with E-state index in [4.69, 9.17) is 0 Å². The number of carbonyl (C=O) groups excluding carboxylic acids is 1. The predicted octanol–water partition coefficient (Wildman–Crippen LogP) is 4.25. The summed E-state index contributed by atoms with van der Waals surface area (Å²) in [5, 5.41) is 3.77. The lowest BCUT2D eigenvalue weighted by Crippen LogP contribution is -2.42. The minimum atomic E-state index is -0.0332. The van der Waals surface area contributed by atoms with Gasteiger partial charge in [0.1, 0.15) is 11.6 Å². The van der Waals surface area contributed by atoms with Crippen LogP contribution in [0.5, 0.6) is 0 Å². The third-order valence-corrected chi connectivity index (χ3v) is 7.73. The molecule has 1 aliphatic heterocycles. The maximum absolute atomic E-state index is 13.3. The van der Waals surface area contributed by atoms with Crippen LogP contribution in [0.25, 0.3) is 0 Å². The Morgan fingerprint density at radius 3 is 2.06 bits per heavy atom. The predicted molar refractivity (Wildman–Crippen MR) is 140 cm³/mol. The van der Waals surface area contributed by atoms with E-state index >= 15 is 0 Å². The summed E-state index contributed by atoms with van der Waals surface area (Å²) in [5.41, 5.74) is 1.89. The van der Waals surface area contributed by atoms with Crippen LogP contribution in [0.1, 0.15) is 78.9 Å². The average molecular weight is 490 g/mol. The lowest BCUT2D eigenvalue weighted by atomic mass is 9.90. The Hall–Kier alpha value is -2.97. The molecule has 192 valence electrons. The number of rotatable bonds is 9. The SMILES string of the molecule is O=C(c1ccc(CNC2CCC(N3CCCCCC3)CC2)cc1)N(Cc1ncc[nH]1)Cc1ncc[nH]1. The first-order chi connectivity index (χ1) is 17.7. The molecule has 0 unspecified atom stereocenters. The summed E-state index contributed by atoms with van der Waals surface area (Å²) in [6, 6.07) is 9.39. The van der Waals surface area contributed by atoms with Crippen molar-refractivity contribution in [3.05, 3.63) is 71.8 Å². The van der Waals surface area contributed by atoms with E-state index < -0.39 is 0 Å². The first kappa shape index (κ1) is 24.7. The van der Waals surface area contributed by atoms with Gasteiger partial charge in [-0.2, -0.15) is 0 Å².